The van der Waals surface area contributed by atoms with Crippen molar-refractivity contribution in [1.29, 1.82) is 0 Å². The Morgan fingerprint density at radius 2 is 2.06 bits per heavy atom. The summed E-state index contributed by atoms with van der Waals surface area (Å²) < 4.78 is 2.15. The van der Waals surface area contributed by atoms with Gasteiger partial charge in [0, 0.05) is 45.7 Å². The highest BCUT2D eigenvalue weighted by Crippen LogP contribution is 2.25. The molecule has 1 amide bonds. The zero-order valence-electron chi connectivity index (χ0n) is 18.8. The van der Waals surface area contributed by atoms with Crippen molar-refractivity contribution in [3.8, 4) is 0 Å². The van der Waals surface area contributed by atoms with Crippen molar-refractivity contribution >= 4 is 34.7 Å². The molecule has 1 aliphatic heterocycles. The number of hydrogen-bond donors (Lipinski definition) is 2. The predicted molar refractivity (Wildman–Crippen MR) is 129 cm³/mol. The zero-order valence-corrected chi connectivity index (χ0v) is 19.6. The van der Waals surface area contributed by atoms with Gasteiger partial charge in [-0.05, 0) is 43.7 Å². The molecule has 0 unspecified atom stereocenters. The lowest BCUT2D eigenvalue weighted by Crippen LogP contribution is -2.58. The van der Waals surface area contributed by atoms with Gasteiger partial charge in [0.15, 0.2) is 0 Å². The van der Waals surface area contributed by atoms with E-state index in [1.807, 2.05) is 32.0 Å². The largest absolute Gasteiger partial charge is 0.368 e. The van der Waals surface area contributed by atoms with Crippen LogP contribution in [0, 0.1) is 11.6 Å². The second kappa shape index (κ2) is 8.84. The minimum Gasteiger partial charge on any atom is -0.368 e. The smallest absolute Gasteiger partial charge is 0.326 e. The van der Waals surface area contributed by atoms with E-state index in [1.54, 1.807) is 17.7 Å². The molecule has 3 heterocycles. The molecule has 8 nitrogen and oxygen atoms in total. The summed E-state index contributed by atoms with van der Waals surface area (Å²) >= 11 is 5.48. The number of nitrogens with zero attached hydrogens (tertiary/aromatic N) is 4. The third-order valence-electron chi connectivity index (χ3n) is 6.15. The maximum absolute atomic E-state index is 12.2. The predicted octanol–water partition coefficient (Wildman–Crippen LogP) is 2.46. The van der Waals surface area contributed by atoms with Crippen LogP contribution < -0.4 is 15.9 Å². The van der Waals surface area contributed by atoms with Gasteiger partial charge in [-0.2, -0.15) is 0 Å². The number of aromatic nitrogens is 3. The number of carbonyl (C=O) groups excluding carboxylic acids is 1. The number of anilines is 1. The van der Waals surface area contributed by atoms with Crippen LogP contribution >= 0.6 is 12.2 Å². The van der Waals surface area contributed by atoms with E-state index in [4.69, 9.17) is 12.2 Å². The third kappa shape index (κ3) is 4.05. The number of H-pyrrole nitrogens is 1. The molecule has 32 heavy (non-hydrogen) atoms. The standard InChI is InChI=1S/C23H28N6O2S/c1-5-29-22(32)17-7-6-15(10-19(17)26-23(29)31)11-28-12-16(13-28)27(4)20-9-8-18(21(30)24-3)25-14(20)2/h6-10,16H,5,11-13H2,1-4H3,(H,24,30)(H,26,31). The van der Waals surface area contributed by atoms with Crippen molar-refractivity contribution in [3.05, 3.63) is 62.4 Å². The zero-order chi connectivity index (χ0) is 23.0. The Balaban J connectivity index is 1.43. The van der Waals surface area contributed by atoms with Crippen molar-refractivity contribution in [1.82, 2.24) is 24.8 Å². The number of benzene rings is 1. The molecule has 9 heteroatoms. The number of aryl methyl sites for hydroxylation is 1. The number of nitrogens with one attached hydrogen (secondary N) is 2. The van der Waals surface area contributed by atoms with Crippen molar-refractivity contribution in [3.63, 3.8) is 0 Å². The van der Waals surface area contributed by atoms with Gasteiger partial charge in [-0.25, -0.2) is 9.78 Å². The summed E-state index contributed by atoms with van der Waals surface area (Å²) in [6.07, 6.45) is 0. The molecule has 1 aliphatic rings. The van der Waals surface area contributed by atoms with Crippen LogP contribution in [0.1, 0.15) is 28.7 Å². The topological polar surface area (TPSA) is 86.3 Å². The monoisotopic (exact) mass is 452 g/mol. The van der Waals surface area contributed by atoms with E-state index in [0.717, 1.165) is 47.5 Å². The van der Waals surface area contributed by atoms with E-state index < -0.39 is 0 Å². The average molecular weight is 453 g/mol. The van der Waals surface area contributed by atoms with Crippen molar-refractivity contribution < 1.29 is 4.79 Å². The maximum Gasteiger partial charge on any atom is 0.326 e. The SMILES string of the molecule is CCn1c(=O)[nH]c2cc(CN3CC(N(C)c4ccc(C(=O)NC)nc4C)C3)ccc2c1=S. The van der Waals surface area contributed by atoms with Gasteiger partial charge >= 0.3 is 5.69 Å². The summed E-state index contributed by atoms with van der Waals surface area (Å²) in [4.78, 5) is 36.0. The van der Waals surface area contributed by atoms with Gasteiger partial charge in [-0.15, -0.1) is 0 Å². The first-order chi connectivity index (χ1) is 15.3. The van der Waals surface area contributed by atoms with E-state index >= 15 is 0 Å². The number of aromatic amines is 1. The fraction of sp³-hybridized carbons (Fsp3) is 0.391. The highest BCUT2D eigenvalue weighted by molar-refractivity contribution is 7.71. The molecular formula is C23H28N6O2S. The van der Waals surface area contributed by atoms with Crippen LogP contribution in [0.15, 0.2) is 35.1 Å². The van der Waals surface area contributed by atoms with Crippen LogP contribution in [0.25, 0.3) is 10.9 Å². The minimum atomic E-state index is -0.179. The van der Waals surface area contributed by atoms with Crippen molar-refractivity contribution in [2.24, 2.45) is 0 Å². The Labute approximate surface area is 191 Å². The summed E-state index contributed by atoms with van der Waals surface area (Å²) in [6.45, 7) is 7.07. The van der Waals surface area contributed by atoms with Gasteiger partial charge in [0.05, 0.1) is 22.9 Å². The summed E-state index contributed by atoms with van der Waals surface area (Å²) in [5, 5.41) is 3.50. The summed E-state index contributed by atoms with van der Waals surface area (Å²) in [5.41, 5.74) is 4.07. The third-order valence-corrected chi connectivity index (χ3v) is 6.59. The van der Waals surface area contributed by atoms with Crippen molar-refractivity contribution in [2.75, 3.05) is 32.1 Å². The van der Waals surface area contributed by atoms with E-state index in [1.165, 1.54) is 0 Å². The van der Waals surface area contributed by atoms with E-state index in [-0.39, 0.29) is 11.6 Å². The molecule has 0 bridgehead atoms. The lowest BCUT2D eigenvalue weighted by atomic mass is 10.0. The second-order valence-corrected chi connectivity index (χ2v) is 8.59. The maximum atomic E-state index is 12.2. The van der Waals surface area contributed by atoms with E-state index in [2.05, 4.69) is 38.2 Å². The lowest BCUT2D eigenvalue weighted by Gasteiger charge is -2.45. The van der Waals surface area contributed by atoms with Crippen LogP contribution in [0.3, 0.4) is 0 Å². The number of rotatable bonds is 6. The first-order valence-electron chi connectivity index (χ1n) is 10.7. The van der Waals surface area contributed by atoms with Gasteiger partial charge in [0.25, 0.3) is 5.91 Å². The number of likely N-dealkylation sites (N-methyl/N-ethyl adjacent to an activating group) is 1. The molecule has 2 N–H and O–H groups in total. The molecule has 2 aromatic heterocycles. The van der Waals surface area contributed by atoms with Crippen LogP contribution in [-0.2, 0) is 13.1 Å². The van der Waals surface area contributed by atoms with Crippen molar-refractivity contribution in [2.45, 2.75) is 33.0 Å². The molecular weight excluding hydrogens is 424 g/mol. The number of likely N-dealkylation sites (tertiary alicyclic amines) is 1. The number of fused-ring (bicyclic) bond motifs is 1. The molecule has 1 saturated heterocycles. The molecule has 0 saturated carbocycles. The first kappa shape index (κ1) is 22.2. The van der Waals surface area contributed by atoms with E-state index in [0.29, 0.717) is 22.9 Å². The minimum absolute atomic E-state index is 0.167. The fourth-order valence-electron chi connectivity index (χ4n) is 4.24. The van der Waals surface area contributed by atoms with Gasteiger partial charge in [-0.1, -0.05) is 18.3 Å². The number of hydrogen-bond acceptors (Lipinski definition) is 6. The molecule has 168 valence electrons. The van der Waals surface area contributed by atoms with Crippen LogP contribution in [0.4, 0.5) is 5.69 Å². The Bertz CT molecular complexity index is 1290. The number of pyridine rings is 1. The molecule has 1 fully saturated rings. The van der Waals surface area contributed by atoms with Crippen LogP contribution in [-0.4, -0.2) is 58.6 Å². The first-order valence-corrected chi connectivity index (χ1v) is 11.1. The van der Waals surface area contributed by atoms with Crippen LogP contribution in [0.5, 0.6) is 0 Å². The second-order valence-electron chi connectivity index (χ2n) is 8.20. The van der Waals surface area contributed by atoms with Crippen LogP contribution in [0.2, 0.25) is 0 Å². The molecule has 0 spiro atoms. The Kier molecular flexibility index (Phi) is 6.12. The van der Waals surface area contributed by atoms with Gasteiger partial charge < -0.3 is 15.2 Å². The molecule has 4 rings (SSSR count). The van der Waals surface area contributed by atoms with Gasteiger partial charge in [0.2, 0.25) is 0 Å². The highest BCUT2D eigenvalue weighted by atomic mass is 32.1. The average Bonchev–Trinajstić information content (AvgIpc) is 2.75. The van der Waals surface area contributed by atoms with E-state index in [9.17, 15) is 9.59 Å². The molecule has 0 aliphatic carbocycles. The summed E-state index contributed by atoms with van der Waals surface area (Å²) in [7, 11) is 3.67. The summed E-state index contributed by atoms with van der Waals surface area (Å²) in [6, 6.07) is 10.2. The normalized spacial score (nSPS) is 14.4. The summed E-state index contributed by atoms with van der Waals surface area (Å²) in [5.74, 6) is -0.179. The fourth-order valence-corrected chi connectivity index (χ4v) is 4.63. The molecule has 0 atom stereocenters. The Morgan fingerprint density at radius 3 is 2.72 bits per heavy atom. The Morgan fingerprint density at radius 1 is 1.31 bits per heavy atom. The molecule has 1 aromatic carbocycles. The Hall–Kier alpha value is -3.04. The molecule has 3 aromatic rings. The number of carbonyl (C=O) groups is 1. The molecule has 0 radical (unpaired) electrons. The van der Waals surface area contributed by atoms with Gasteiger partial charge in [0.1, 0.15) is 10.3 Å². The lowest BCUT2D eigenvalue weighted by molar-refractivity contribution is 0.0958. The quantitative estimate of drug-likeness (QED) is 0.559. The van der Waals surface area contributed by atoms with Gasteiger partial charge in [-0.3, -0.25) is 14.3 Å². The highest BCUT2D eigenvalue weighted by Gasteiger charge is 2.31. The number of amides is 1.